The number of carboxylic acid groups (broad SMARTS) is 1. The van der Waals surface area contributed by atoms with E-state index in [4.69, 9.17) is 5.11 Å². The minimum absolute atomic E-state index is 0.303. The zero-order valence-electron chi connectivity index (χ0n) is 6.00. The minimum Gasteiger partial charge on any atom is -0.481 e. The van der Waals surface area contributed by atoms with Crippen molar-refractivity contribution in [2.75, 3.05) is 11.5 Å². The van der Waals surface area contributed by atoms with Gasteiger partial charge in [-0.15, -0.1) is 0 Å². The van der Waals surface area contributed by atoms with Crippen LogP contribution in [0.5, 0.6) is 0 Å². The molecule has 2 nitrogen and oxygen atoms in total. The summed E-state index contributed by atoms with van der Waals surface area (Å²) in [7, 11) is 3.53. The fraction of sp³-hybridized carbons (Fsp3) is 0.833. The normalized spacial score (nSPS) is 9.70. The lowest BCUT2D eigenvalue weighted by Crippen LogP contribution is -1.94. The lowest BCUT2D eigenvalue weighted by atomic mass is 10.3. The number of rotatable bonds is 6. The van der Waals surface area contributed by atoms with Crippen molar-refractivity contribution in [1.29, 1.82) is 0 Å². The number of aliphatic carboxylic acids is 1. The molecule has 0 bridgehead atoms. The van der Waals surface area contributed by atoms with Crippen molar-refractivity contribution in [1.82, 2.24) is 0 Å². The van der Waals surface area contributed by atoms with Gasteiger partial charge >= 0.3 is 5.97 Å². The van der Waals surface area contributed by atoms with Crippen LogP contribution in [0.1, 0.15) is 19.8 Å². The lowest BCUT2D eigenvalue weighted by molar-refractivity contribution is -0.137. The Morgan fingerprint density at radius 3 is 2.70 bits per heavy atom. The molecule has 0 unspecified atom stereocenters. The molecule has 0 aromatic carbocycles. The van der Waals surface area contributed by atoms with Crippen LogP contribution in [0.15, 0.2) is 0 Å². The van der Waals surface area contributed by atoms with Gasteiger partial charge in [0.25, 0.3) is 0 Å². The quantitative estimate of drug-likeness (QED) is 0.502. The van der Waals surface area contributed by atoms with Crippen LogP contribution in [0.4, 0.5) is 0 Å². The highest BCUT2D eigenvalue weighted by atomic mass is 33.1. The second kappa shape index (κ2) is 7.28. The molecule has 0 amide bonds. The molecule has 0 aromatic heterocycles. The van der Waals surface area contributed by atoms with E-state index in [1.54, 1.807) is 21.6 Å². The molecule has 1 N–H and O–H groups in total. The summed E-state index contributed by atoms with van der Waals surface area (Å²) in [5, 5.41) is 8.25. The van der Waals surface area contributed by atoms with Crippen LogP contribution in [0.3, 0.4) is 0 Å². The summed E-state index contributed by atoms with van der Waals surface area (Å²) in [5.74, 6) is 1.35. The van der Waals surface area contributed by atoms with E-state index in [9.17, 15) is 4.79 Å². The average Bonchev–Trinajstić information content (AvgIpc) is 1.87. The van der Waals surface area contributed by atoms with Crippen LogP contribution in [0.25, 0.3) is 0 Å². The second-order valence-electron chi connectivity index (χ2n) is 1.73. The zero-order valence-corrected chi connectivity index (χ0v) is 7.63. The summed E-state index contributed by atoms with van der Waals surface area (Å²) in [6, 6.07) is 0. The van der Waals surface area contributed by atoms with Crippen LogP contribution >= 0.6 is 21.6 Å². The van der Waals surface area contributed by atoms with Gasteiger partial charge in [0, 0.05) is 17.9 Å². The Kier molecular flexibility index (Phi) is 7.40. The predicted octanol–water partition coefficient (Wildman–Crippen LogP) is 2.25. The Balaban J connectivity index is 2.84. The van der Waals surface area contributed by atoms with E-state index in [0.29, 0.717) is 6.42 Å². The lowest BCUT2D eigenvalue weighted by Gasteiger charge is -1.94. The smallest absolute Gasteiger partial charge is 0.303 e. The Morgan fingerprint density at radius 1 is 1.50 bits per heavy atom. The molecule has 10 heavy (non-hydrogen) atoms. The Morgan fingerprint density at radius 2 is 2.20 bits per heavy atom. The van der Waals surface area contributed by atoms with Crippen molar-refractivity contribution >= 4 is 27.6 Å². The summed E-state index contributed by atoms with van der Waals surface area (Å²) in [5.41, 5.74) is 0. The molecule has 0 saturated heterocycles. The highest BCUT2D eigenvalue weighted by Gasteiger charge is 1.95. The van der Waals surface area contributed by atoms with E-state index >= 15 is 0 Å². The number of hydrogen-bond acceptors (Lipinski definition) is 3. The van der Waals surface area contributed by atoms with Crippen LogP contribution in [-0.2, 0) is 4.79 Å². The second-order valence-corrected chi connectivity index (χ2v) is 4.60. The number of carbonyl (C=O) groups is 1. The van der Waals surface area contributed by atoms with Crippen molar-refractivity contribution in [3.63, 3.8) is 0 Å². The predicted molar refractivity (Wildman–Crippen MR) is 47.5 cm³/mol. The highest BCUT2D eigenvalue weighted by Crippen LogP contribution is 2.21. The molecule has 0 aliphatic carbocycles. The van der Waals surface area contributed by atoms with E-state index in [-0.39, 0.29) is 0 Å². The van der Waals surface area contributed by atoms with Crippen LogP contribution < -0.4 is 0 Å². The highest BCUT2D eigenvalue weighted by molar-refractivity contribution is 8.76. The van der Waals surface area contributed by atoms with Gasteiger partial charge in [-0.05, 0) is 6.42 Å². The van der Waals surface area contributed by atoms with Crippen molar-refractivity contribution in [3.8, 4) is 0 Å². The molecule has 4 heteroatoms. The molecule has 0 aromatic rings. The van der Waals surface area contributed by atoms with E-state index < -0.39 is 5.97 Å². The third-order valence-electron chi connectivity index (χ3n) is 0.819. The molecular weight excluding hydrogens is 168 g/mol. The van der Waals surface area contributed by atoms with Crippen LogP contribution in [0, 0.1) is 0 Å². The third-order valence-corrected chi connectivity index (χ3v) is 3.38. The first kappa shape index (κ1) is 10.2. The van der Waals surface area contributed by atoms with Crippen molar-refractivity contribution in [2.45, 2.75) is 19.8 Å². The molecule has 0 aliphatic rings. The number of carboxylic acids is 1. The van der Waals surface area contributed by atoms with Gasteiger partial charge in [0.05, 0.1) is 0 Å². The Bertz CT molecular complexity index is 95.7. The third kappa shape index (κ3) is 8.17. The molecule has 0 heterocycles. The monoisotopic (exact) mass is 180 g/mol. The van der Waals surface area contributed by atoms with Gasteiger partial charge in [-0.3, -0.25) is 4.79 Å². The van der Waals surface area contributed by atoms with Crippen LogP contribution in [0.2, 0.25) is 0 Å². The first-order chi connectivity index (χ1) is 4.77. The fourth-order valence-corrected chi connectivity index (χ4v) is 2.18. The summed E-state index contributed by atoms with van der Waals surface area (Å²) >= 11 is 0. The van der Waals surface area contributed by atoms with Gasteiger partial charge in [-0.1, -0.05) is 28.5 Å². The maximum atomic E-state index is 10.0. The van der Waals surface area contributed by atoms with E-state index in [1.807, 2.05) is 0 Å². The first-order valence-electron chi connectivity index (χ1n) is 3.23. The molecule has 0 atom stereocenters. The van der Waals surface area contributed by atoms with Gasteiger partial charge in [-0.2, -0.15) is 0 Å². The average molecular weight is 180 g/mol. The number of hydrogen-bond donors (Lipinski definition) is 1. The van der Waals surface area contributed by atoms with Gasteiger partial charge in [0.1, 0.15) is 0 Å². The summed E-state index contributed by atoms with van der Waals surface area (Å²) in [6.07, 6.45) is 1.09. The topological polar surface area (TPSA) is 37.3 Å². The van der Waals surface area contributed by atoms with Crippen LogP contribution in [-0.4, -0.2) is 22.6 Å². The van der Waals surface area contributed by atoms with Crippen molar-refractivity contribution in [2.24, 2.45) is 0 Å². The van der Waals surface area contributed by atoms with Gasteiger partial charge in [0.15, 0.2) is 0 Å². The summed E-state index contributed by atoms with van der Waals surface area (Å²) in [4.78, 5) is 10.0. The maximum Gasteiger partial charge on any atom is 0.303 e. The fourth-order valence-electron chi connectivity index (χ4n) is 0.425. The standard InChI is InChI=1S/C6H12O2S2/c1-2-9-10-5-3-4-6(7)8/h2-5H2,1H3,(H,7,8). The van der Waals surface area contributed by atoms with Crippen molar-refractivity contribution < 1.29 is 9.90 Å². The largest absolute Gasteiger partial charge is 0.481 e. The van der Waals surface area contributed by atoms with Gasteiger partial charge in [-0.25, -0.2) is 0 Å². The summed E-state index contributed by atoms with van der Waals surface area (Å²) in [6.45, 7) is 2.09. The molecular formula is C6H12O2S2. The minimum atomic E-state index is -0.693. The molecule has 0 fully saturated rings. The zero-order chi connectivity index (χ0) is 7.82. The van der Waals surface area contributed by atoms with Gasteiger partial charge < -0.3 is 5.11 Å². The maximum absolute atomic E-state index is 10.0. The Hall–Kier alpha value is 0.170. The molecule has 60 valence electrons. The van der Waals surface area contributed by atoms with E-state index in [2.05, 4.69) is 6.92 Å². The summed E-state index contributed by atoms with van der Waals surface area (Å²) < 4.78 is 0. The molecule has 0 radical (unpaired) electrons. The SMILES string of the molecule is CCSSCCCC(=O)O. The van der Waals surface area contributed by atoms with E-state index in [0.717, 1.165) is 17.9 Å². The molecule has 0 saturated carbocycles. The van der Waals surface area contributed by atoms with Crippen molar-refractivity contribution in [3.05, 3.63) is 0 Å². The Labute approximate surface area is 69.2 Å². The molecule has 0 aliphatic heterocycles. The first-order valence-corrected chi connectivity index (χ1v) is 5.72. The molecule has 0 rings (SSSR count). The van der Waals surface area contributed by atoms with E-state index in [1.165, 1.54) is 0 Å². The molecule has 0 spiro atoms. The van der Waals surface area contributed by atoms with Gasteiger partial charge in [0.2, 0.25) is 0 Å².